The Morgan fingerprint density at radius 2 is 0.863 bits per heavy atom. The molecule has 4 aromatic heterocycles. The molecule has 11 rings (SSSR count). The zero-order chi connectivity index (χ0) is 33.5. The minimum atomic E-state index is 0.562. The molecule has 11 aromatic rings. The fourth-order valence-electron chi connectivity index (χ4n) is 7.34. The van der Waals surface area contributed by atoms with E-state index in [1.807, 2.05) is 97.1 Å². The van der Waals surface area contributed by atoms with Crippen molar-refractivity contribution in [1.29, 1.82) is 0 Å². The Balaban J connectivity index is 1.15. The molecule has 0 aliphatic heterocycles. The summed E-state index contributed by atoms with van der Waals surface area (Å²) in [6.45, 7) is 0. The zero-order valence-electron chi connectivity index (χ0n) is 27.0. The van der Waals surface area contributed by atoms with Crippen molar-refractivity contribution < 1.29 is 13.3 Å². The molecule has 4 heterocycles. The Morgan fingerprint density at radius 3 is 1.65 bits per heavy atom. The van der Waals surface area contributed by atoms with Crippen LogP contribution in [0.3, 0.4) is 0 Å². The topological polar surface area (TPSA) is 78.1 Å². The van der Waals surface area contributed by atoms with Crippen molar-refractivity contribution in [2.24, 2.45) is 0 Å². The van der Waals surface area contributed by atoms with Gasteiger partial charge in [-0.25, -0.2) is 15.0 Å². The number of benzene rings is 7. The third kappa shape index (κ3) is 4.33. The molecule has 0 saturated heterocycles. The van der Waals surface area contributed by atoms with Crippen LogP contribution in [0, 0.1) is 0 Å². The number of furan rings is 3. The summed E-state index contributed by atoms with van der Waals surface area (Å²) >= 11 is 0. The highest BCUT2D eigenvalue weighted by molar-refractivity contribution is 6.16. The first-order valence-electron chi connectivity index (χ1n) is 16.8. The van der Waals surface area contributed by atoms with E-state index in [2.05, 4.69) is 54.6 Å². The van der Waals surface area contributed by atoms with E-state index in [4.69, 9.17) is 28.2 Å². The maximum absolute atomic E-state index is 6.67. The number of rotatable bonds is 4. The second kappa shape index (κ2) is 10.7. The van der Waals surface area contributed by atoms with Crippen molar-refractivity contribution in [2.45, 2.75) is 0 Å². The van der Waals surface area contributed by atoms with E-state index >= 15 is 0 Å². The van der Waals surface area contributed by atoms with E-state index in [1.165, 1.54) is 0 Å². The average Bonchev–Trinajstić information content (AvgIpc) is 3.88. The van der Waals surface area contributed by atoms with E-state index in [-0.39, 0.29) is 0 Å². The van der Waals surface area contributed by atoms with Gasteiger partial charge in [-0.1, -0.05) is 91.0 Å². The van der Waals surface area contributed by atoms with E-state index in [0.717, 1.165) is 93.6 Å². The SMILES string of the molecule is c1ccc(-c2nc(-c3ccc4oc5ccccc5c4c3)nc(-c3ccc(-c4ccc5c(c4)oc4ccccc45)c4oc5ccccc5c34)n2)cc1. The molecule has 0 fully saturated rings. The molecule has 0 radical (unpaired) electrons. The Kier molecular flexibility index (Phi) is 5.86. The lowest BCUT2D eigenvalue weighted by atomic mass is 9.97. The Bertz CT molecular complexity index is 3150. The van der Waals surface area contributed by atoms with Gasteiger partial charge in [0.25, 0.3) is 0 Å². The predicted molar refractivity (Wildman–Crippen MR) is 203 cm³/mol. The standard InChI is InChI=1S/C45H25N3O3/c1-2-10-26(11-3-1)43-46-44(28-19-23-39-35(24-28)31-13-5-8-16-37(31)49-39)48-45(47-43)34-22-21-29(42-41(34)33-14-6-9-17-38(33)51-42)27-18-20-32-30-12-4-7-15-36(30)50-40(32)25-27/h1-25H. The van der Waals surface area contributed by atoms with Crippen LogP contribution in [0.25, 0.3) is 111 Å². The molecular weight excluding hydrogens is 631 g/mol. The minimum absolute atomic E-state index is 0.562. The van der Waals surface area contributed by atoms with Crippen LogP contribution in [0.15, 0.2) is 165 Å². The van der Waals surface area contributed by atoms with Gasteiger partial charge in [-0.05, 0) is 66.2 Å². The third-order valence-electron chi connectivity index (χ3n) is 9.76. The monoisotopic (exact) mass is 655 g/mol. The molecule has 6 nitrogen and oxygen atoms in total. The molecule has 0 unspecified atom stereocenters. The first-order valence-corrected chi connectivity index (χ1v) is 16.8. The minimum Gasteiger partial charge on any atom is -0.456 e. The summed E-state index contributed by atoms with van der Waals surface area (Å²) in [7, 11) is 0. The van der Waals surface area contributed by atoms with Crippen molar-refractivity contribution in [3.8, 4) is 45.3 Å². The van der Waals surface area contributed by atoms with Gasteiger partial charge in [-0.3, -0.25) is 0 Å². The molecule has 238 valence electrons. The van der Waals surface area contributed by atoms with Crippen molar-refractivity contribution in [3.05, 3.63) is 152 Å². The highest BCUT2D eigenvalue weighted by atomic mass is 16.3. The van der Waals surface area contributed by atoms with Crippen molar-refractivity contribution in [2.75, 3.05) is 0 Å². The molecule has 0 atom stereocenters. The highest BCUT2D eigenvalue weighted by Crippen LogP contribution is 2.43. The van der Waals surface area contributed by atoms with E-state index in [0.29, 0.717) is 17.5 Å². The second-order valence-corrected chi connectivity index (χ2v) is 12.8. The summed E-state index contributed by atoms with van der Waals surface area (Å²) < 4.78 is 19.1. The van der Waals surface area contributed by atoms with Crippen LogP contribution in [0.1, 0.15) is 0 Å². The Hall–Kier alpha value is -7.05. The van der Waals surface area contributed by atoms with Crippen LogP contribution in [-0.4, -0.2) is 15.0 Å². The summed E-state index contributed by atoms with van der Waals surface area (Å²) in [5.74, 6) is 1.73. The van der Waals surface area contributed by atoms with Gasteiger partial charge in [0, 0.05) is 54.6 Å². The average molecular weight is 656 g/mol. The summed E-state index contributed by atoms with van der Waals surface area (Å²) in [5.41, 5.74) is 9.52. The lowest BCUT2D eigenvalue weighted by Gasteiger charge is -2.11. The molecule has 51 heavy (non-hydrogen) atoms. The normalized spacial score (nSPS) is 11.9. The summed E-state index contributed by atoms with van der Waals surface area (Å²) in [6, 6.07) is 51.0. The van der Waals surface area contributed by atoms with Crippen LogP contribution in [0.2, 0.25) is 0 Å². The molecule has 0 bridgehead atoms. The Morgan fingerprint density at radius 1 is 0.314 bits per heavy atom. The zero-order valence-corrected chi connectivity index (χ0v) is 27.0. The quantitative estimate of drug-likeness (QED) is 0.188. The molecule has 0 spiro atoms. The molecule has 7 aromatic carbocycles. The first-order chi connectivity index (χ1) is 25.2. The fourth-order valence-corrected chi connectivity index (χ4v) is 7.34. The highest BCUT2D eigenvalue weighted by Gasteiger charge is 2.21. The lowest BCUT2D eigenvalue weighted by Crippen LogP contribution is -2.00. The molecular formula is C45H25N3O3. The van der Waals surface area contributed by atoms with Gasteiger partial charge >= 0.3 is 0 Å². The van der Waals surface area contributed by atoms with Crippen molar-refractivity contribution >= 4 is 65.8 Å². The van der Waals surface area contributed by atoms with Gasteiger partial charge < -0.3 is 13.3 Å². The fraction of sp³-hybridized carbons (Fsp3) is 0. The lowest BCUT2D eigenvalue weighted by molar-refractivity contribution is 0.668. The second-order valence-electron chi connectivity index (χ2n) is 12.8. The number of hydrogen-bond donors (Lipinski definition) is 0. The molecule has 6 heteroatoms. The number of fused-ring (bicyclic) bond motifs is 9. The van der Waals surface area contributed by atoms with Crippen LogP contribution < -0.4 is 0 Å². The summed E-state index contributed by atoms with van der Waals surface area (Å²) in [5, 5.41) is 6.18. The van der Waals surface area contributed by atoms with Crippen LogP contribution in [-0.2, 0) is 0 Å². The molecule has 0 aliphatic carbocycles. The van der Waals surface area contributed by atoms with E-state index < -0.39 is 0 Å². The van der Waals surface area contributed by atoms with Crippen LogP contribution >= 0.6 is 0 Å². The largest absolute Gasteiger partial charge is 0.456 e. The molecule has 0 N–H and O–H groups in total. The number of nitrogens with zero attached hydrogens (tertiary/aromatic N) is 3. The molecule has 0 amide bonds. The third-order valence-corrected chi connectivity index (χ3v) is 9.76. The summed E-state index contributed by atoms with van der Waals surface area (Å²) in [6.07, 6.45) is 0. The van der Waals surface area contributed by atoms with Gasteiger partial charge in [0.1, 0.15) is 33.5 Å². The number of aromatic nitrogens is 3. The van der Waals surface area contributed by atoms with Crippen LogP contribution in [0.4, 0.5) is 0 Å². The van der Waals surface area contributed by atoms with Gasteiger partial charge in [0.2, 0.25) is 0 Å². The molecule has 0 saturated carbocycles. The number of hydrogen-bond acceptors (Lipinski definition) is 6. The first kappa shape index (κ1) is 27.9. The van der Waals surface area contributed by atoms with E-state index in [9.17, 15) is 0 Å². The van der Waals surface area contributed by atoms with Gasteiger partial charge in [-0.15, -0.1) is 0 Å². The van der Waals surface area contributed by atoms with Crippen molar-refractivity contribution in [3.63, 3.8) is 0 Å². The van der Waals surface area contributed by atoms with Crippen LogP contribution in [0.5, 0.6) is 0 Å². The van der Waals surface area contributed by atoms with Gasteiger partial charge in [-0.2, -0.15) is 0 Å². The maximum Gasteiger partial charge on any atom is 0.164 e. The smallest absolute Gasteiger partial charge is 0.164 e. The summed E-state index contributed by atoms with van der Waals surface area (Å²) in [4.78, 5) is 15.3. The Labute approximate surface area is 290 Å². The van der Waals surface area contributed by atoms with E-state index in [1.54, 1.807) is 0 Å². The van der Waals surface area contributed by atoms with Gasteiger partial charge in [0.05, 0.1) is 0 Å². The number of para-hydroxylation sites is 3. The predicted octanol–water partition coefficient (Wildman–Crippen LogP) is 12.2. The van der Waals surface area contributed by atoms with Crippen molar-refractivity contribution in [1.82, 2.24) is 15.0 Å². The maximum atomic E-state index is 6.67. The van der Waals surface area contributed by atoms with Gasteiger partial charge in [0.15, 0.2) is 17.5 Å². The molecule has 0 aliphatic rings.